The molecule has 0 aliphatic heterocycles. The molecule has 310 valence electrons. The van der Waals surface area contributed by atoms with E-state index in [0.717, 1.165) is 24.3 Å². The maximum atomic E-state index is 14.2. The Kier molecular flexibility index (Phi) is 14.1. The van der Waals surface area contributed by atoms with Crippen LogP contribution >= 0.6 is 0 Å². The normalized spacial score (nSPS) is 12.1. The van der Waals surface area contributed by atoms with Crippen LogP contribution in [0.2, 0.25) is 0 Å². The fourth-order valence-corrected chi connectivity index (χ4v) is 5.22. The van der Waals surface area contributed by atoms with E-state index in [4.69, 9.17) is 9.47 Å². The van der Waals surface area contributed by atoms with E-state index in [1.807, 2.05) is 0 Å². The van der Waals surface area contributed by atoms with E-state index in [0.29, 0.717) is 30.4 Å². The molecule has 0 aliphatic rings. The van der Waals surface area contributed by atoms with Crippen LogP contribution in [0.15, 0.2) is 109 Å². The molecule has 0 saturated heterocycles. The van der Waals surface area contributed by atoms with Crippen molar-refractivity contribution in [3.05, 3.63) is 115 Å². The second kappa shape index (κ2) is 18.2. The van der Waals surface area contributed by atoms with Crippen LogP contribution in [-0.4, -0.2) is 49.5 Å². The molecule has 4 aromatic rings. The fraction of sp³-hybridized carbons (Fsp3) is 0.286. The molecule has 0 atom stereocenters. The molecule has 4 rings (SSSR count). The standard InChI is InChI=1S/C42H36F10O6/c1-25(2)35(53)8-6-21-55-32-17-13-29(14-18-32)34-24-31(16-20-37(34)58-42(51,52)40(46,47)48)30-15-19-36(57-41(49,50)39(43,44)45)33(23-30)28-11-9-27(10-12-28)7-5-22-56-38(54)26(3)4/h9-20,23-24H,1,3,5-8,21-22H2,2,4H3. The maximum Gasteiger partial charge on any atom is 0.499 e. The van der Waals surface area contributed by atoms with Crippen molar-refractivity contribution in [3.63, 3.8) is 0 Å². The minimum Gasteiger partial charge on any atom is -0.494 e. The largest absolute Gasteiger partial charge is 0.499 e. The van der Waals surface area contributed by atoms with Gasteiger partial charge in [0.2, 0.25) is 0 Å². The van der Waals surface area contributed by atoms with E-state index in [1.165, 1.54) is 55.5 Å². The molecule has 0 amide bonds. The summed E-state index contributed by atoms with van der Waals surface area (Å²) < 4.78 is 155. The molecule has 6 nitrogen and oxygen atoms in total. The Morgan fingerprint density at radius 2 is 1.02 bits per heavy atom. The number of allylic oxidation sites excluding steroid dienone is 1. The van der Waals surface area contributed by atoms with Gasteiger partial charge >= 0.3 is 30.5 Å². The summed E-state index contributed by atoms with van der Waals surface area (Å²) in [5, 5.41) is 0. The van der Waals surface area contributed by atoms with Gasteiger partial charge in [0.05, 0.1) is 13.2 Å². The third-order valence-electron chi connectivity index (χ3n) is 8.34. The first-order valence-electron chi connectivity index (χ1n) is 17.4. The maximum absolute atomic E-state index is 14.2. The zero-order valence-electron chi connectivity index (χ0n) is 31.0. The number of carbonyl (C=O) groups excluding carboxylic acids is 2. The summed E-state index contributed by atoms with van der Waals surface area (Å²) in [4.78, 5) is 23.4. The van der Waals surface area contributed by atoms with E-state index in [1.54, 1.807) is 19.1 Å². The summed E-state index contributed by atoms with van der Waals surface area (Å²) in [5.74, 6) is -2.22. The average molecular weight is 827 g/mol. The van der Waals surface area contributed by atoms with Gasteiger partial charge in [0, 0.05) is 23.1 Å². The minimum absolute atomic E-state index is 0.0664. The summed E-state index contributed by atoms with van der Waals surface area (Å²) >= 11 is 0. The van der Waals surface area contributed by atoms with E-state index in [9.17, 15) is 53.5 Å². The number of ether oxygens (including phenoxy) is 4. The lowest BCUT2D eigenvalue weighted by Gasteiger charge is -2.23. The first kappa shape index (κ1) is 44.9. The Balaban J connectivity index is 1.73. The first-order valence-corrected chi connectivity index (χ1v) is 17.4. The summed E-state index contributed by atoms with van der Waals surface area (Å²) in [6, 6.07) is 17.7. The molecule has 16 heteroatoms. The summed E-state index contributed by atoms with van der Waals surface area (Å²) in [7, 11) is 0. The van der Waals surface area contributed by atoms with Gasteiger partial charge in [0.25, 0.3) is 0 Å². The minimum atomic E-state index is -6.09. The Morgan fingerprint density at radius 3 is 1.45 bits per heavy atom. The number of halogens is 10. The average Bonchev–Trinajstić information content (AvgIpc) is 3.14. The smallest absolute Gasteiger partial charge is 0.494 e. The van der Waals surface area contributed by atoms with Crippen molar-refractivity contribution in [3.8, 4) is 50.6 Å². The number of alkyl halides is 10. The third kappa shape index (κ3) is 11.6. The lowest BCUT2D eigenvalue weighted by molar-refractivity contribution is -0.360. The second-order valence-corrected chi connectivity index (χ2v) is 13.1. The van der Waals surface area contributed by atoms with Crippen LogP contribution in [0.3, 0.4) is 0 Å². The lowest BCUT2D eigenvalue weighted by Crippen LogP contribution is -2.42. The van der Waals surface area contributed by atoms with Gasteiger partial charge in [0.15, 0.2) is 5.78 Å². The van der Waals surface area contributed by atoms with Gasteiger partial charge in [-0.3, -0.25) is 4.79 Å². The molecule has 0 aromatic heterocycles. The van der Waals surface area contributed by atoms with Crippen LogP contribution in [0.1, 0.15) is 38.7 Å². The molecule has 0 fully saturated rings. The number of carbonyl (C=O) groups is 2. The molecule has 4 aromatic carbocycles. The molecule has 0 bridgehead atoms. The van der Waals surface area contributed by atoms with E-state index < -0.39 is 42.0 Å². The molecule has 0 aliphatic carbocycles. The van der Waals surface area contributed by atoms with Crippen molar-refractivity contribution in [1.29, 1.82) is 0 Å². The number of esters is 1. The van der Waals surface area contributed by atoms with Crippen LogP contribution < -0.4 is 14.2 Å². The van der Waals surface area contributed by atoms with Crippen LogP contribution in [0, 0.1) is 0 Å². The van der Waals surface area contributed by atoms with Crippen LogP contribution in [-0.2, 0) is 20.7 Å². The fourth-order valence-electron chi connectivity index (χ4n) is 5.22. The van der Waals surface area contributed by atoms with Gasteiger partial charge in [0.1, 0.15) is 17.2 Å². The van der Waals surface area contributed by atoms with Crippen LogP contribution in [0.25, 0.3) is 33.4 Å². The number of ketones is 1. The Morgan fingerprint density at radius 1 is 0.569 bits per heavy atom. The Bertz CT molecular complexity index is 1950. The number of Topliss-reactive ketones (excluding diaryl/α,β-unsaturated/α-hetero) is 1. The van der Waals surface area contributed by atoms with Crippen molar-refractivity contribution >= 4 is 11.8 Å². The summed E-state index contributed by atoms with van der Waals surface area (Å²) in [5.41, 5.74) is 1.19. The quantitative estimate of drug-likeness (QED) is 0.0431. The van der Waals surface area contributed by atoms with Gasteiger partial charge in [-0.25, -0.2) is 4.79 Å². The van der Waals surface area contributed by atoms with E-state index >= 15 is 0 Å². The highest BCUT2D eigenvalue weighted by Gasteiger charge is 2.62. The predicted octanol–water partition coefficient (Wildman–Crippen LogP) is 12.1. The van der Waals surface area contributed by atoms with Gasteiger partial charge in [-0.1, -0.05) is 61.7 Å². The molecule has 0 saturated carbocycles. The monoisotopic (exact) mass is 826 g/mol. The van der Waals surface area contributed by atoms with Crippen LogP contribution in [0.4, 0.5) is 43.9 Å². The molecule has 0 radical (unpaired) electrons. The van der Waals surface area contributed by atoms with E-state index in [-0.39, 0.29) is 70.1 Å². The number of hydrogen-bond acceptors (Lipinski definition) is 6. The SMILES string of the molecule is C=C(C)C(=O)CCCOc1ccc(-c2cc(-c3ccc(OC(F)(F)C(F)(F)F)c(-c4ccc(CCCOC(=O)C(=C)C)cc4)c3)ccc2OC(F)(F)C(F)(F)F)cc1. The lowest BCUT2D eigenvalue weighted by atomic mass is 9.94. The molecule has 58 heavy (non-hydrogen) atoms. The van der Waals surface area contributed by atoms with E-state index in [2.05, 4.69) is 22.6 Å². The number of aryl methyl sites for hydroxylation is 1. The molecule has 0 unspecified atom stereocenters. The number of rotatable bonds is 18. The van der Waals surface area contributed by atoms with Crippen molar-refractivity contribution in [1.82, 2.24) is 0 Å². The first-order chi connectivity index (χ1) is 27.0. The van der Waals surface area contributed by atoms with Gasteiger partial charge in [-0.05, 0) is 103 Å². The van der Waals surface area contributed by atoms with Crippen molar-refractivity contribution in [2.45, 2.75) is 64.1 Å². The number of hydrogen-bond donors (Lipinski definition) is 0. The highest BCUT2D eigenvalue weighted by Crippen LogP contribution is 2.45. The predicted molar refractivity (Wildman–Crippen MR) is 195 cm³/mol. The zero-order valence-corrected chi connectivity index (χ0v) is 31.0. The van der Waals surface area contributed by atoms with Gasteiger partial charge in [-0.15, -0.1) is 0 Å². The van der Waals surface area contributed by atoms with Crippen molar-refractivity contribution < 1.29 is 72.4 Å². The summed E-state index contributed by atoms with van der Waals surface area (Å²) in [6.07, 6.45) is -22.1. The number of benzene rings is 4. The van der Waals surface area contributed by atoms with Gasteiger partial charge < -0.3 is 18.9 Å². The second-order valence-electron chi connectivity index (χ2n) is 13.1. The summed E-state index contributed by atoms with van der Waals surface area (Å²) in [6.45, 7) is 10.3. The Labute approximate surface area is 326 Å². The molecule has 0 heterocycles. The highest BCUT2D eigenvalue weighted by atomic mass is 19.4. The molecule has 0 N–H and O–H groups in total. The topological polar surface area (TPSA) is 71.1 Å². The third-order valence-corrected chi connectivity index (χ3v) is 8.34. The molecular weight excluding hydrogens is 790 g/mol. The van der Waals surface area contributed by atoms with Gasteiger partial charge in [-0.2, -0.15) is 43.9 Å². The zero-order chi connectivity index (χ0) is 43.1. The Hall–Kier alpha value is -5.80. The molecule has 0 spiro atoms. The van der Waals surface area contributed by atoms with Crippen molar-refractivity contribution in [2.24, 2.45) is 0 Å². The molecular formula is C42H36F10O6. The van der Waals surface area contributed by atoms with Crippen molar-refractivity contribution in [2.75, 3.05) is 13.2 Å². The van der Waals surface area contributed by atoms with Crippen LogP contribution in [0.5, 0.6) is 17.2 Å². The highest BCUT2D eigenvalue weighted by molar-refractivity contribution is 5.94.